The number of piperidine rings is 1. The summed E-state index contributed by atoms with van der Waals surface area (Å²) in [5.74, 6) is 0.460. The number of ether oxygens (including phenoxy) is 1. The Bertz CT molecular complexity index is 812. The number of urea groups is 1. The van der Waals surface area contributed by atoms with Crippen LogP contribution in [0.4, 0.5) is 10.5 Å². The Balaban J connectivity index is 1.73. The van der Waals surface area contributed by atoms with Crippen LogP contribution in [0, 0.1) is 0 Å². The van der Waals surface area contributed by atoms with E-state index in [1.165, 1.54) is 13.4 Å². The third-order valence-corrected chi connectivity index (χ3v) is 4.66. The van der Waals surface area contributed by atoms with Gasteiger partial charge in [-0.05, 0) is 37.1 Å². The van der Waals surface area contributed by atoms with E-state index in [-0.39, 0.29) is 17.9 Å². The lowest BCUT2D eigenvalue weighted by molar-refractivity contribution is 0.0963. The molecule has 3 rings (SSSR count). The zero-order valence-electron chi connectivity index (χ0n) is 15.4. The van der Waals surface area contributed by atoms with Crippen LogP contribution < -0.4 is 15.4 Å². The summed E-state index contributed by atoms with van der Waals surface area (Å²) >= 11 is 0. The van der Waals surface area contributed by atoms with Gasteiger partial charge in [0.15, 0.2) is 0 Å². The average Bonchev–Trinajstić information content (AvgIpc) is 2.73. The zero-order valence-corrected chi connectivity index (χ0v) is 15.4. The lowest BCUT2D eigenvalue weighted by Gasteiger charge is -2.32. The minimum Gasteiger partial charge on any atom is -0.495 e. The van der Waals surface area contributed by atoms with Gasteiger partial charge >= 0.3 is 6.03 Å². The van der Waals surface area contributed by atoms with Crippen molar-refractivity contribution in [1.29, 1.82) is 0 Å². The van der Waals surface area contributed by atoms with Crippen LogP contribution in [-0.4, -0.2) is 54.1 Å². The quantitative estimate of drug-likeness (QED) is 0.862. The first kappa shape index (κ1) is 18.6. The van der Waals surface area contributed by atoms with Gasteiger partial charge in [-0.1, -0.05) is 0 Å². The van der Waals surface area contributed by atoms with Crippen LogP contribution >= 0.6 is 0 Å². The van der Waals surface area contributed by atoms with E-state index in [9.17, 15) is 9.59 Å². The molecule has 2 heterocycles. The van der Waals surface area contributed by atoms with Crippen molar-refractivity contribution in [2.75, 3.05) is 32.6 Å². The number of benzene rings is 1. The predicted octanol–water partition coefficient (Wildman–Crippen LogP) is 2.26. The van der Waals surface area contributed by atoms with Gasteiger partial charge in [-0.3, -0.25) is 4.79 Å². The van der Waals surface area contributed by atoms with Crippen LogP contribution in [0.3, 0.4) is 0 Å². The lowest BCUT2D eigenvalue weighted by atomic mass is 9.95. The minimum atomic E-state index is -0.227. The van der Waals surface area contributed by atoms with Gasteiger partial charge in [0.25, 0.3) is 5.91 Å². The number of carbonyl (C=O) groups excluding carboxylic acids is 2. The maximum Gasteiger partial charge on any atom is 0.321 e. The molecule has 0 bridgehead atoms. The minimum absolute atomic E-state index is 0.187. The highest BCUT2D eigenvalue weighted by Gasteiger charge is 2.26. The second kappa shape index (κ2) is 8.48. The van der Waals surface area contributed by atoms with Crippen molar-refractivity contribution in [3.05, 3.63) is 48.0 Å². The summed E-state index contributed by atoms with van der Waals surface area (Å²) in [6.45, 7) is 1.26. The molecular weight excluding hydrogens is 346 g/mol. The monoisotopic (exact) mass is 369 g/mol. The highest BCUT2D eigenvalue weighted by atomic mass is 16.5. The van der Waals surface area contributed by atoms with Crippen molar-refractivity contribution in [3.63, 3.8) is 0 Å². The van der Waals surface area contributed by atoms with Gasteiger partial charge in [-0.2, -0.15) is 0 Å². The van der Waals surface area contributed by atoms with E-state index in [0.29, 0.717) is 30.1 Å². The summed E-state index contributed by atoms with van der Waals surface area (Å²) in [5, 5.41) is 5.44. The van der Waals surface area contributed by atoms with E-state index in [4.69, 9.17) is 4.74 Å². The second-order valence-corrected chi connectivity index (χ2v) is 6.34. The number of rotatable bonds is 4. The van der Waals surface area contributed by atoms with Gasteiger partial charge in [0.2, 0.25) is 0 Å². The molecule has 0 spiro atoms. The van der Waals surface area contributed by atoms with Crippen LogP contribution in [-0.2, 0) is 0 Å². The van der Waals surface area contributed by atoms with Crippen LogP contribution in [0.15, 0.2) is 36.8 Å². The first-order chi connectivity index (χ1) is 13.1. The summed E-state index contributed by atoms with van der Waals surface area (Å²) in [5.41, 5.74) is 1.86. The fourth-order valence-electron chi connectivity index (χ4n) is 3.23. The Labute approximate surface area is 158 Å². The van der Waals surface area contributed by atoms with Crippen LogP contribution in [0.1, 0.15) is 34.8 Å². The third kappa shape index (κ3) is 4.33. The maximum atomic E-state index is 12.8. The molecule has 8 heteroatoms. The second-order valence-electron chi connectivity index (χ2n) is 6.34. The molecule has 1 aliphatic heterocycles. The van der Waals surface area contributed by atoms with Crippen molar-refractivity contribution in [2.24, 2.45) is 0 Å². The van der Waals surface area contributed by atoms with Crippen LogP contribution in [0.25, 0.3) is 0 Å². The van der Waals surface area contributed by atoms with E-state index in [0.717, 1.165) is 18.5 Å². The molecule has 1 saturated heterocycles. The molecule has 27 heavy (non-hydrogen) atoms. The molecule has 142 valence electrons. The number of aromatic nitrogens is 2. The van der Waals surface area contributed by atoms with Crippen molar-refractivity contribution in [2.45, 2.75) is 18.8 Å². The first-order valence-electron chi connectivity index (χ1n) is 8.84. The molecule has 2 N–H and O–H groups in total. The summed E-state index contributed by atoms with van der Waals surface area (Å²) in [4.78, 5) is 34.7. The van der Waals surface area contributed by atoms with Gasteiger partial charge in [-0.25, -0.2) is 14.8 Å². The molecule has 1 aliphatic rings. The van der Waals surface area contributed by atoms with Crippen molar-refractivity contribution in [3.8, 4) is 5.75 Å². The van der Waals surface area contributed by atoms with E-state index < -0.39 is 0 Å². The van der Waals surface area contributed by atoms with E-state index in [1.807, 2.05) is 6.07 Å². The van der Waals surface area contributed by atoms with Crippen molar-refractivity contribution in [1.82, 2.24) is 20.2 Å². The van der Waals surface area contributed by atoms with E-state index in [1.54, 1.807) is 36.3 Å². The van der Waals surface area contributed by atoms with Gasteiger partial charge < -0.3 is 20.3 Å². The van der Waals surface area contributed by atoms with Crippen LogP contribution in [0.5, 0.6) is 5.75 Å². The van der Waals surface area contributed by atoms with E-state index >= 15 is 0 Å². The zero-order chi connectivity index (χ0) is 19.2. The highest BCUT2D eigenvalue weighted by Crippen LogP contribution is 2.28. The molecule has 0 unspecified atom stereocenters. The Morgan fingerprint density at radius 2 is 2.15 bits per heavy atom. The van der Waals surface area contributed by atoms with Gasteiger partial charge in [0.1, 0.15) is 12.1 Å². The molecule has 3 amide bonds. The number of hydrogen-bond acceptors (Lipinski definition) is 5. The topological polar surface area (TPSA) is 96.5 Å². The normalized spacial score (nSPS) is 16.5. The average molecular weight is 369 g/mol. The Morgan fingerprint density at radius 3 is 2.85 bits per heavy atom. The van der Waals surface area contributed by atoms with Crippen molar-refractivity contribution >= 4 is 17.6 Å². The number of nitrogens with zero attached hydrogens (tertiary/aromatic N) is 3. The first-order valence-corrected chi connectivity index (χ1v) is 8.84. The predicted molar refractivity (Wildman–Crippen MR) is 101 cm³/mol. The molecule has 8 nitrogen and oxygen atoms in total. The summed E-state index contributed by atoms with van der Waals surface area (Å²) in [6, 6.07) is 6.60. The summed E-state index contributed by atoms with van der Waals surface area (Å²) < 4.78 is 5.31. The standard InChI is InChI=1S/C19H23N5O3/c1-20-18(25)13-5-6-17(27-2)16(10-13)23-19(26)24-9-3-4-14(11-24)15-7-8-21-12-22-15/h5-8,10,12,14H,3-4,9,11H2,1-2H3,(H,20,25)(H,23,26)/t14-/m0/s1. The molecular formula is C19H23N5O3. The molecule has 0 radical (unpaired) electrons. The Hall–Kier alpha value is -3.16. The maximum absolute atomic E-state index is 12.8. The smallest absolute Gasteiger partial charge is 0.321 e. The lowest BCUT2D eigenvalue weighted by Crippen LogP contribution is -2.41. The van der Waals surface area contributed by atoms with Crippen molar-refractivity contribution < 1.29 is 14.3 Å². The summed E-state index contributed by atoms with van der Waals surface area (Å²) in [6.07, 6.45) is 5.13. The van der Waals surface area contributed by atoms with E-state index in [2.05, 4.69) is 20.6 Å². The Kier molecular flexibility index (Phi) is 5.85. The molecule has 0 saturated carbocycles. The molecule has 2 aromatic rings. The number of likely N-dealkylation sites (tertiary alicyclic amines) is 1. The largest absolute Gasteiger partial charge is 0.495 e. The van der Waals surface area contributed by atoms with Gasteiger partial charge in [0, 0.05) is 43.5 Å². The molecule has 1 fully saturated rings. The van der Waals surface area contributed by atoms with Gasteiger partial charge in [0.05, 0.1) is 12.8 Å². The number of hydrogen-bond donors (Lipinski definition) is 2. The molecule has 1 aromatic heterocycles. The molecule has 0 aliphatic carbocycles. The number of carbonyl (C=O) groups is 2. The van der Waals surface area contributed by atoms with Crippen LogP contribution in [0.2, 0.25) is 0 Å². The molecule has 1 aromatic carbocycles. The Morgan fingerprint density at radius 1 is 1.30 bits per heavy atom. The fraction of sp³-hybridized carbons (Fsp3) is 0.368. The number of anilines is 1. The summed E-state index contributed by atoms with van der Waals surface area (Å²) in [7, 11) is 3.09. The SMILES string of the molecule is CNC(=O)c1ccc(OC)c(NC(=O)N2CCC[C@H](c3ccncn3)C2)c1. The van der Waals surface area contributed by atoms with Gasteiger partial charge in [-0.15, -0.1) is 0 Å². The molecule has 1 atom stereocenters. The fourth-order valence-corrected chi connectivity index (χ4v) is 3.23. The number of methoxy groups -OCH3 is 1. The number of amides is 3. The highest BCUT2D eigenvalue weighted by molar-refractivity contribution is 5.97. The number of nitrogens with one attached hydrogen (secondary N) is 2. The third-order valence-electron chi connectivity index (χ3n) is 4.66.